The lowest BCUT2D eigenvalue weighted by molar-refractivity contribution is 0.0733. The monoisotopic (exact) mass is 425 g/mol. The van der Waals surface area contributed by atoms with Gasteiger partial charge in [-0.2, -0.15) is 0 Å². The first-order chi connectivity index (χ1) is 14.1. The summed E-state index contributed by atoms with van der Waals surface area (Å²) in [7, 11) is 0. The van der Waals surface area contributed by atoms with E-state index in [-0.39, 0.29) is 11.5 Å². The number of rotatable bonds is 6. The number of carbonyl (C=O) groups excluding carboxylic acids is 1. The van der Waals surface area contributed by atoms with Crippen LogP contribution in [0.3, 0.4) is 0 Å². The maximum atomic E-state index is 13.3. The van der Waals surface area contributed by atoms with Crippen molar-refractivity contribution in [1.29, 1.82) is 0 Å². The molecule has 1 amide bonds. The lowest BCUT2D eigenvalue weighted by atomic mass is 10.1. The molecule has 8 heteroatoms. The van der Waals surface area contributed by atoms with E-state index in [1.807, 2.05) is 35.0 Å². The molecule has 0 fully saturated rings. The Balaban J connectivity index is 1.72. The van der Waals surface area contributed by atoms with Crippen molar-refractivity contribution in [2.24, 2.45) is 0 Å². The quantitative estimate of drug-likeness (QED) is 0.512. The number of hydrogen-bond acceptors (Lipinski definition) is 5. The molecule has 1 N–H and O–H groups in total. The summed E-state index contributed by atoms with van der Waals surface area (Å²) in [5, 5.41) is 4.37. The molecule has 148 valence electrons. The highest BCUT2D eigenvalue weighted by atomic mass is 32.1. The molecule has 0 radical (unpaired) electrons. The number of fused-ring (bicyclic) bond motifs is 1. The van der Waals surface area contributed by atoms with Gasteiger partial charge in [-0.3, -0.25) is 14.2 Å². The largest absolute Gasteiger partial charge is 0.328 e. The summed E-state index contributed by atoms with van der Waals surface area (Å²) >= 11 is 3.21. The van der Waals surface area contributed by atoms with Gasteiger partial charge in [-0.1, -0.05) is 12.1 Å². The standard InChI is InChI=1S/C21H19N3O3S2/c1-2-24-20(26)17-8-7-14(11-18(17)22-21(24)27)19(25)23(12-15-5-3-9-28-15)13-16-6-4-10-29-16/h3-11H,2,12-13H2,1H3,(H,22,27). The van der Waals surface area contributed by atoms with E-state index in [1.165, 1.54) is 0 Å². The van der Waals surface area contributed by atoms with Crippen LogP contribution in [0.5, 0.6) is 0 Å². The minimum Gasteiger partial charge on any atom is -0.328 e. The van der Waals surface area contributed by atoms with Gasteiger partial charge < -0.3 is 9.88 Å². The fraction of sp³-hybridized carbons (Fsp3) is 0.190. The second-order valence-corrected chi connectivity index (χ2v) is 8.62. The van der Waals surface area contributed by atoms with Crippen molar-refractivity contribution in [3.05, 3.63) is 89.4 Å². The third kappa shape index (κ3) is 3.94. The Morgan fingerprint density at radius 3 is 2.24 bits per heavy atom. The number of hydrogen-bond donors (Lipinski definition) is 1. The smallest absolute Gasteiger partial charge is 0.328 e. The van der Waals surface area contributed by atoms with Crippen LogP contribution in [0.25, 0.3) is 10.9 Å². The molecule has 0 unspecified atom stereocenters. The molecule has 3 heterocycles. The third-order valence-corrected chi connectivity index (χ3v) is 6.41. The van der Waals surface area contributed by atoms with Crippen LogP contribution in [-0.4, -0.2) is 20.4 Å². The first kappa shape index (κ1) is 19.4. The Morgan fingerprint density at radius 1 is 1.03 bits per heavy atom. The number of H-pyrrole nitrogens is 1. The molecular formula is C21H19N3O3S2. The third-order valence-electron chi connectivity index (χ3n) is 4.69. The van der Waals surface area contributed by atoms with Gasteiger partial charge in [0.25, 0.3) is 11.5 Å². The van der Waals surface area contributed by atoms with Crippen molar-refractivity contribution >= 4 is 39.5 Å². The molecule has 0 aliphatic carbocycles. The van der Waals surface area contributed by atoms with Gasteiger partial charge >= 0.3 is 5.69 Å². The van der Waals surface area contributed by atoms with Crippen LogP contribution in [0.2, 0.25) is 0 Å². The number of nitrogens with one attached hydrogen (secondary N) is 1. The molecule has 29 heavy (non-hydrogen) atoms. The summed E-state index contributed by atoms with van der Waals surface area (Å²) in [6.45, 7) is 3.04. The number of carbonyl (C=O) groups is 1. The molecule has 4 aromatic rings. The van der Waals surface area contributed by atoms with E-state index in [0.29, 0.717) is 36.1 Å². The molecule has 0 atom stereocenters. The van der Waals surface area contributed by atoms with Crippen LogP contribution in [0.1, 0.15) is 27.0 Å². The molecule has 0 aliphatic heterocycles. The average molecular weight is 426 g/mol. The van der Waals surface area contributed by atoms with Crippen molar-refractivity contribution in [2.45, 2.75) is 26.6 Å². The zero-order chi connectivity index (χ0) is 20.4. The van der Waals surface area contributed by atoms with E-state index in [1.54, 1.807) is 52.7 Å². The summed E-state index contributed by atoms with van der Waals surface area (Å²) in [5.74, 6) is -0.144. The number of benzene rings is 1. The van der Waals surface area contributed by atoms with E-state index in [0.717, 1.165) is 14.3 Å². The van der Waals surface area contributed by atoms with Crippen LogP contribution in [0, 0.1) is 0 Å². The molecule has 0 spiro atoms. The molecular weight excluding hydrogens is 406 g/mol. The molecule has 6 nitrogen and oxygen atoms in total. The summed E-state index contributed by atoms with van der Waals surface area (Å²) in [4.78, 5) is 44.6. The van der Waals surface area contributed by atoms with E-state index in [9.17, 15) is 14.4 Å². The second kappa shape index (κ2) is 8.18. The van der Waals surface area contributed by atoms with Gasteiger partial charge in [0.1, 0.15) is 0 Å². The van der Waals surface area contributed by atoms with Gasteiger partial charge in [-0.25, -0.2) is 4.79 Å². The predicted molar refractivity (Wildman–Crippen MR) is 117 cm³/mol. The normalized spacial score (nSPS) is 11.1. The minimum atomic E-state index is -0.469. The van der Waals surface area contributed by atoms with Crippen molar-refractivity contribution < 1.29 is 4.79 Å². The predicted octanol–water partition coefficient (Wildman–Crippen LogP) is 3.68. The van der Waals surface area contributed by atoms with E-state index < -0.39 is 5.69 Å². The highest BCUT2D eigenvalue weighted by Gasteiger charge is 2.19. The molecule has 4 rings (SSSR count). The van der Waals surface area contributed by atoms with Crippen molar-refractivity contribution in [1.82, 2.24) is 14.5 Å². The highest BCUT2D eigenvalue weighted by molar-refractivity contribution is 7.10. The molecule has 0 saturated heterocycles. The lowest BCUT2D eigenvalue weighted by Crippen LogP contribution is -2.34. The van der Waals surface area contributed by atoms with Gasteiger partial charge in [0, 0.05) is 21.9 Å². The second-order valence-electron chi connectivity index (χ2n) is 6.56. The topological polar surface area (TPSA) is 75.2 Å². The van der Waals surface area contributed by atoms with Gasteiger partial charge in [-0.15, -0.1) is 22.7 Å². The van der Waals surface area contributed by atoms with Crippen molar-refractivity contribution in [2.75, 3.05) is 0 Å². The van der Waals surface area contributed by atoms with Crippen molar-refractivity contribution in [3.8, 4) is 0 Å². The van der Waals surface area contributed by atoms with Crippen LogP contribution in [-0.2, 0) is 19.6 Å². The molecule has 0 saturated carbocycles. The van der Waals surface area contributed by atoms with Gasteiger partial charge in [-0.05, 0) is 48.0 Å². The zero-order valence-corrected chi connectivity index (χ0v) is 17.4. The molecule has 1 aromatic carbocycles. The Hall–Kier alpha value is -2.97. The number of amides is 1. The Morgan fingerprint density at radius 2 is 1.69 bits per heavy atom. The lowest BCUT2D eigenvalue weighted by Gasteiger charge is -2.22. The first-order valence-electron chi connectivity index (χ1n) is 9.17. The summed E-state index contributed by atoms with van der Waals surface area (Å²) in [6, 6.07) is 12.8. The van der Waals surface area contributed by atoms with E-state index >= 15 is 0 Å². The number of aromatic nitrogens is 2. The van der Waals surface area contributed by atoms with Crippen LogP contribution >= 0.6 is 22.7 Å². The summed E-state index contributed by atoms with van der Waals surface area (Å²) in [6.07, 6.45) is 0. The maximum absolute atomic E-state index is 13.3. The maximum Gasteiger partial charge on any atom is 0.328 e. The summed E-state index contributed by atoms with van der Waals surface area (Å²) < 4.78 is 1.14. The Labute approximate surface area is 174 Å². The van der Waals surface area contributed by atoms with Crippen LogP contribution < -0.4 is 11.2 Å². The zero-order valence-electron chi connectivity index (χ0n) is 15.8. The fourth-order valence-corrected chi connectivity index (χ4v) is 4.68. The van der Waals surface area contributed by atoms with Gasteiger partial charge in [0.05, 0.1) is 24.0 Å². The van der Waals surface area contributed by atoms with Crippen molar-refractivity contribution in [3.63, 3.8) is 0 Å². The Kier molecular flexibility index (Phi) is 5.46. The summed E-state index contributed by atoms with van der Waals surface area (Å²) in [5.41, 5.74) is 0.000519. The first-order valence-corrected chi connectivity index (χ1v) is 10.9. The molecule has 0 aliphatic rings. The SMILES string of the molecule is CCn1c(=O)[nH]c2cc(C(=O)N(Cc3cccs3)Cc3cccs3)ccc2c1=O. The van der Waals surface area contributed by atoms with Crippen LogP contribution in [0.15, 0.2) is 62.8 Å². The van der Waals surface area contributed by atoms with E-state index in [2.05, 4.69) is 4.98 Å². The molecule has 3 aromatic heterocycles. The molecule has 0 bridgehead atoms. The highest BCUT2D eigenvalue weighted by Crippen LogP contribution is 2.20. The van der Waals surface area contributed by atoms with Crippen LogP contribution in [0.4, 0.5) is 0 Å². The number of nitrogens with zero attached hydrogens (tertiary/aromatic N) is 2. The average Bonchev–Trinajstić information content (AvgIpc) is 3.41. The number of thiophene rings is 2. The van der Waals surface area contributed by atoms with Gasteiger partial charge in [0.2, 0.25) is 0 Å². The minimum absolute atomic E-state index is 0.144. The van der Waals surface area contributed by atoms with E-state index in [4.69, 9.17) is 0 Å². The Bertz CT molecular complexity index is 1220. The fourth-order valence-electron chi connectivity index (χ4n) is 3.24. The number of aromatic amines is 1. The van der Waals surface area contributed by atoms with Gasteiger partial charge in [0.15, 0.2) is 0 Å².